The van der Waals surface area contributed by atoms with Crippen molar-refractivity contribution in [3.63, 3.8) is 0 Å². The Morgan fingerprint density at radius 2 is 1.92 bits per heavy atom. The van der Waals surface area contributed by atoms with Crippen LogP contribution in [0.15, 0.2) is 66.2 Å². The second-order valence-corrected chi connectivity index (χ2v) is 6.99. The van der Waals surface area contributed by atoms with Crippen molar-refractivity contribution in [1.29, 1.82) is 0 Å². The van der Waals surface area contributed by atoms with Crippen molar-refractivity contribution >= 4 is 17.2 Å². The Morgan fingerprint density at radius 1 is 1.12 bits per heavy atom. The molecule has 4 nitrogen and oxygen atoms in total. The summed E-state index contributed by atoms with van der Waals surface area (Å²) < 4.78 is 7.87. The van der Waals surface area contributed by atoms with Crippen molar-refractivity contribution in [2.24, 2.45) is 7.05 Å². The number of nitrogens with zero attached hydrogens (tertiary/aromatic N) is 2. The molecule has 1 unspecified atom stereocenters. The molecule has 0 spiro atoms. The van der Waals surface area contributed by atoms with Crippen molar-refractivity contribution in [2.45, 2.75) is 26.1 Å². The number of carbonyl (C=O) groups is 1. The van der Waals surface area contributed by atoms with Gasteiger partial charge in [-0.1, -0.05) is 24.3 Å². The molecule has 0 N–H and O–H groups in total. The third-order valence-electron chi connectivity index (χ3n) is 4.05. The van der Waals surface area contributed by atoms with E-state index in [2.05, 4.69) is 6.07 Å². The molecule has 3 aromatic rings. The normalized spacial score (nSPS) is 11.9. The van der Waals surface area contributed by atoms with Crippen LogP contribution in [0.25, 0.3) is 0 Å². The Kier molecular flexibility index (Phi) is 5.56. The number of hydrogen-bond acceptors (Lipinski definition) is 3. The number of carbonyl (C=O) groups excluding carboxylic acids is 1. The molecule has 0 saturated carbocycles. The molecule has 1 amide bonds. The van der Waals surface area contributed by atoms with Gasteiger partial charge in [-0.25, -0.2) is 0 Å². The summed E-state index contributed by atoms with van der Waals surface area (Å²) in [6, 6.07) is 17.6. The molecule has 130 valence electrons. The molecule has 0 aliphatic carbocycles. The molecule has 1 atom stereocenters. The molecule has 0 aliphatic rings. The van der Waals surface area contributed by atoms with E-state index in [-0.39, 0.29) is 5.91 Å². The Labute approximate surface area is 152 Å². The molecule has 0 fully saturated rings. The first-order chi connectivity index (χ1) is 12.1. The van der Waals surface area contributed by atoms with Gasteiger partial charge in [-0.2, -0.15) is 0 Å². The lowest BCUT2D eigenvalue weighted by Gasteiger charge is -2.26. The second-order valence-electron chi connectivity index (χ2n) is 5.96. The molecule has 0 saturated heterocycles. The number of benzene rings is 1. The minimum absolute atomic E-state index is 0.0153. The van der Waals surface area contributed by atoms with Gasteiger partial charge in [0.1, 0.15) is 5.75 Å². The Morgan fingerprint density at radius 3 is 2.56 bits per heavy atom. The highest BCUT2D eigenvalue weighted by Crippen LogP contribution is 2.18. The molecule has 2 heterocycles. The lowest BCUT2D eigenvalue weighted by molar-refractivity contribution is -0.139. The average molecular weight is 354 g/mol. The van der Waals surface area contributed by atoms with E-state index >= 15 is 0 Å². The smallest absolute Gasteiger partial charge is 0.264 e. The maximum Gasteiger partial charge on any atom is 0.264 e. The molecular formula is C20H22N2O2S. The number of amides is 1. The first kappa shape index (κ1) is 17.3. The fourth-order valence-corrected chi connectivity index (χ4v) is 3.39. The molecule has 1 aromatic carbocycles. The summed E-state index contributed by atoms with van der Waals surface area (Å²) >= 11 is 1.66. The first-order valence-corrected chi connectivity index (χ1v) is 9.14. The van der Waals surface area contributed by atoms with Crippen LogP contribution in [-0.4, -0.2) is 21.5 Å². The van der Waals surface area contributed by atoms with Gasteiger partial charge in [0.05, 0.1) is 13.1 Å². The Hall–Kier alpha value is -2.53. The zero-order chi connectivity index (χ0) is 17.6. The van der Waals surface area contributed by atoms with Crippen LogP contribution >= 0.6 is 11.3 Å². The van der Waals surface area contributed by atoms with Crippen molar-refractivity contribution in [3.8, 4) is 5.75 Å². The third kappa shape index (κ3) is 4.51. The summed E-state index contributed by atoms with van der Waals surface area (Å²) in [5.74, 6) is 0.691. The van der Waals surface area contributed by atoms with Gasteiger partial charge in [0.2, 0.25) is 0 Å². The van der Waals surface area contributed by atoms with Crippen LogP contribution in [0, 0.1) is 0 Å². The summed E-state index contributed by atoms with van der Waals surface area (Å²) in [7, 11) is 1.99. The number of ether oxygens (including phenoxy) is 1. The van der Waals surface area contributed by atoms with Crippen LogP contribution in [0.4, 0.5) is 0 Å². The van der Waals surface area contributed by atoms with Crippen LogP contribution in [-0.2, 0) is 24.9 Å². The predicted octanol–water partition coefficient (Wildman–Crippen LogP) is 4.08. The van der Waals surface area contributed by atoms with Crippen molar-refractivity contribution in [2.75, 3.05) is 0 Å². The molecule has 5 heteroatoms. The van der Waals surface area contributed by atoms with Crippen LogP contribution in [0.1, 0.15) is 17.5 Å². The average Bonchev–Trinajstić information content (AvgIpc) is 3.27. The molecule has 25 heavy (non-hydrogen) atoms. The lowest BCUT2D eigenvalue weighted by Crippen LogP contribution is -2.39. The molecule has 0 aliphatic heterocycles. The summed E-state index contributed by atoms with van der Waals surface area (Å²) in [6.45, 7) is 2.95. The fraction of sp³-hybridized carbons (Fsp3) is 0.250. The van der Waals surface area contributed by atoms with Gasteiger partial charge in [-0.15, -0.1) is 11.3 Å². The van der Waals surface area contributed by atoms with Crippen molar-refractivity contribution in [3.05, 3.63) is 76.7 Å². The first-order valence-electron chi connectivity index (χ1n) is 8.26. The van der Waals surface area contributed by atoms with Gasteiger partial charge >= 0.3 is 0 Å². The topological polar surface area (TPSA) is 34.5 Å². The number of aryl methyl sites for hydroxylation is 1. The fourth-order valence-electron chi connectivity index (χ4n) is 2.67. The zero-order valence-electron chi connectivity index (χ0n) is 14.5. The molecular weight excluding hydrogens is 332 g/mol. The van der Waals surface area contributed by atoms with E-state index in [1.807, 2.05) is 83.5 Å². The van der Waals surface area contributed by atoms with Gasteiger partial charge < -0.3 is 14.2 Å². The van der Waals surface area contributed by atoms with Gasteiger partial charge in [0.15, 0.2) is 6.10 Å². The summed E-state index contributed by atoms with van der Waals surface area (Å²) in [4.78, 5) is 16.0. The minimum Gasteiger partial charge on any atom is -0.481 e. The SMILES string of the molecule is CC(Oc1ccccc1)C(=O)N(Cc1cccs1)Cc1cccn1C. The van der Waals surface area contributed by atoms with Gasteiger partial charge in [0, 0.05) is 23.8 Å². The second kappa shape index (κ2) is 8.03. The molecule has 3 rings (SSSR count). The lowest BCUT2D eigenvalue weighted by atomic mass is 10.2. The Balaban J connectivity index is 1.75. The van der Waals surface area contributed by atoms with Crippen LogP contribution in [0.3, 0.4) is 0 Å². The maximum atomic E-state index is 13.0. The highest BCUT2D eigenvalue weighted by molar-refractivity contribution is 7.09. The number of para-hydroxylation sites is 1. The van der Waals surface area contributed by atoms with E-state index in [0.717, 1.165) is 10.6 Å². The van der Waals surface area contributed by atoms with E-state index in [1.54, 1.807) is 11.3 Å². The van der Waals surface area contributed by atoms with E-state index in [0.29, 0.717) is 18.8 Å². The van der Waals surface area contributed by atoms with Crippen molar-refractivity contribution < 1.29 is 9.53 Å². The van der Waals surface area contributed by atoms with Crippen molar-refractivity contribution in [1.82, 2.24) is 9.47 Å². The molecule has 2 aromatic heterocycles. The van der Waals surface area contributed by atoms with E-state index in [4.69, 9.17) is 4.74 Å². The van der Waals surface area contributed by atoms with Crippen LogP contribution < -0.4 is 4.74 Å². The summed E-state index contributed by atoms with van der Waals surface area (Å²) in [5, 5.41) is 2.03. The molecule has 0 bridgehead atoms. The number of thiophene rings is 1. The van der Waals surface area contributed by atoms with E-state index in [1.165, 1.54) is 0 Å². The quantitative estimate of drug-likeness (QED) is 0.641. The minimum atomic E-state index is -0.539. The van der Waals surface area contributed by atoms with E-state index in [9.17, 15) is 4.79 Å². The predicted molar refractivity (Wildman–Crippen MR) is 101 cm³/mol. The monoisotopic (exact) mass is 354 g/mol. The van der Waals surface area contributed by atoms with Gasteiger partial charge in [-0.05, 0) is 42.6 Å². The standard InChI is InChI=1S/C20H22N2O2S/c1-16(24-18-9-4-3-5-10-18)20(23)22(15-19-11-7-13-25-19)14-17-8-6-12-21(17)2/h3-13,16H,14-15H2,1-2H3. The van der Waals surface area contributed by atoms with Gasteiger partial charge in [-0.3, -0.25) is 4.79 Å². The van der Waals surface area contributed by atoms with E-state index < -0.39 is 6.10 Å². The van der Waals surface area contributed by atoms with Crippen LogP contribution in [0.2, 0.25) is 0 Å². The highest BCUT2D eigenvalue weighted by Gasteiger charge is 2.23. The Bertz CT molecular complexity index is 796. The zero-order valence-corrected chi connectivity index (χ0v) is 15.3. The number of rotatable bonds is 7. The molecule has 0 radical (unpaired) electrons. The highest BCUT2D eigenvalue weighted by atomic mass is 32.1. The third-order valence-corrected chi connectivity index (χ3v) is 4.91. The number of aromatic nitrogens is 1. The van der Waals surface area contributed by atoms with Crippen LogP contribution in [0.5, 0.6) is 5.75 Å². The maximum absolute atomic E-state index is 13.0. The summed E-state index contributed by atoms with van der Waals surface area (Å²) in [5.41, 5.74) is 1.09. The van der Waals surface area contributed by atoms with Gasteiger partial charge in [0.25, 0.3) is 5.91 Å². The largest absolute Gasteiger partial charge is 0.481 e. The summed E-state index contributed by atoms with van der Waals surface area (Å²) in [6.07, 6.45) is 1.45. The number of hydrogen-bond donors (Lipinski definition) is 0.